The van der Waals surface area contributed by atoms with Gasteiger partial charge in [0.25, 0.3) is 0 Å². The smallest absolute Gasteiger partial charge is 0.240 e. The standard InChI is InChI=1S/C18H29ClN2O4S/c1-5-7-8-14(6-2)12-20-18(22)13-21(26(4,23)24)16-11-15(19)9-10-17(16)25-3/h9-11,14H,5-8,12-13H2,1-4H3,(H,20,22). The average molecular weight is 405 g/mol. The quantitative estimate of drug-likeness (QED) is 0.612. The highest BCUT2D eigenvalue weighted by Gasteiger charge is 2.24. The Morgan fingerprint density at radius 2 is 2.04 bits per heavy atom. The Hall–Kier alpha value is -1.47. The van der Waals surface area contributed by atoms with Crippen LogP contribution in [0.25, 0.3) is 0 Å². The number of anilines is 1. The number of nitrogens with one attached hydrogen (secondary N) is 1. The van der Waals surface area contributed by atoms with Crippen molar-refractivity contribution in [2.24, 2.45) is 5.92 Å². The summed E-state index contributed by atoms with van der Waals surface area (Å²) in [6.07, 6.45) is 5.30. The minimum Gasteiger partial charge on any atom is -0.495 e. The van der Waals surface area contributed by atoms with E-state index in [4.69, 9.17) is 16.3 Å². The number of carbonyl (C=O) groups excluding carboxylic acids is 1. The summed E-state index contributed by atoms with van der Waals surface area (Å²) < 4.78 is 30.7. The second kappa shape index (κ2) is 10.6. The fourth-order valence-corrected chi connectivity index (χ4v) is 3.65. The molecule has 1 aromatic carbocycles. The zero-order valence-corrected chi connectivity index (χ0v) is 17.5. The normalized spacial score (nSPS) is 12.5. The first-order valence-corrected chi connectivity index (χ1v) is 11.0. The summed E-state index contributed by atoms with van der Waals surface area (Å²) in [5.74, 6) is 0.376. The molecule has 1 N–H and O–H groups in total. The second-order valence-corrected chi connectivity index (χ2v) is 8.65. The van der Waals surface area contributed by atoms with Crippen molar-refractivity contribution in [1.82, 2.24) is 5.32 Å². The van der Waals surface area contributed by atoms with Crippen LogP contribution < -0.4 is 14.4 Å². The maximum absolute atomic E-state index is 12.4. The molecule has 1 unspecified atom stereocenters. The van der Waals surface area contributed by atoms with Crippen LogP contribution in [0.4, 0.5) is 5.69 Å². The monoisotopic (exact) mass is 404 g/mol. The summed E-state index contributed by atoms with van der Waals surface area (Å²) in [5, 5.41) is 3.21. The number of carbonyl (C=O) groups is 1. The van der Waals surface area contributed by atoms with E-state index in [9.17, 15) is 13.2 Å². The van der Waals surface area contributed by atoms with Gasteiger partial charge >= 0.3 is 0 Å². The van der Waals surface area contributed by atoms with Crippen LogP contribution in [0.15, 0.2) is 18.2 Å². The number of unbranched alkanes of at least 4 members (excludes halogenated alkanes) is 1. The highest BCUT2D eigenvalue weighted by molar-refractivity contribution is 7.92. The lowest BCUT2D eigenvalue weighted by molar-refractivity contribution is -0.119. The molecule has 0 heterocycles. The number of hydrogen-bond acceptors (Lipinski definition) is 4. The van der Waals surface area contributed by atoms with Crippen LogP contribution >= 0.6 is 11.6 Å². The van der Waals surface area contributed by atoms with Crippen LogP contribution in [0.1, 0.15) is 39.5 Å². The van der Waals surface area contributed by atoms with Gasteiger partial charge in [0.1, 0.15) is 12.3 Å². The lowest BCUT2D eigenvalue weighted by Gasteiger charge is -2.24. The number of hydrogen-bond donors (Lipinski definition) is 1. The third kappa shape index (κ3) is 7.03. The van der Waals surface area contributed by atoms with Crippen molar-refractivity contribution in [2.45, 2.75) is 39.5 Å². The number of benzene rings is 1. The fourth-order valence-electron chi connectivity index (χ4n) is 2.63. The molecule has 0 aliphatic rings. The molecule has 148 valence electrons. The summed E-state index contributed by atoms with van der Waals surface area (Å²) in [6, 6.07) is 4.65. The molecule has 26 heavy (non-hydrogen) atoms. The summed E-state index contributed by atoms with van der Waals surface area (Å²) in [5.41, 5.74) is 0.246. The Kier molecular flexibility index (Phi) is 9.22. The molecule has 1 atom stereocenters. The third-order valence-electron chi connectivity index (χ3n) is 4.23. The summed E-state index contributed by atoms with van der Waals surface area (Å²) in [6.45, 7) is 4.44. The first kappa shape index (κ1) is 22.6. The van der Waals surface area contributed by atoms with Gasteiger partial charge in [0.05, 0.1) is 19.1 Å². The minimum atomic E-state index is -3.69. The number of rotatable bonds is 11. The van der Waals surface area contributed by atoms with Crippen molar-refractivity contribution in [3.05, 3.63) is 23.2 Å². The molecule has 6 nitrogen and oxygen atoms in total. The molecule has 1 rings (SSSR count). The van der Waals surface area contributed by atoms with Crippen LogP contribution in [-0.2, 0) is 14.8 Å². The van der Waals surface area contributed by atoms with E-state index >= 15 is 0 Å². The van der Waals surface area contributed by atoms with Gasteiger partial charge in [-0.2, -0.15) is 0 Å². The van der Waals surface area contributed by atoms with Gasteiger partial charge in [-0.3, -0.25) is 9.10 Å². The lowest BCUT2D eigenvalue weighted by Crippen LogP contribution is -2.41. The van der Waals surface area contributed by atoms with Gasteiger partial charge in [0.2, 0.25) is 15.9 Å². The Morgan fingerprint density at radius 1 is 1.35 bits per heavy atom. The van der Waals surface area contributed by atoms with Crippen LogP contribution in [0, 0.1) is 5.92 Å². The van der Waals surface area contributed by atoms with E-state index in [0.29, 0.717) is 23.2 Å². The van der Waals surface area contributed by atoms with Gasteiger partial charge in [-0.25, -0.2) is 8.42 Å². The molecule has 0 aliphatic heterocycles. The molecular formula is C18H29ClN2O4S. The Bertz CT molecular complexity index is 694. The summed E-state index contributed by atoms with van der Waals surface area (Å²) >= 11 is 6.00. The van der Waals surface area contributed by atoms with Crippen LogP contribution in [0.5, 0.6) is 5.75 Å². The number of amides is 1. The molecule has 0 bridgehead atoms. The Balaban J connectivity index is 2.90. The molecule has 0 saturated carbocycles. The zero-order chi connectivity index (χ0) is 19.7. The molecule has 0 aromatic heterocycles. The average Bonchev–Trinajstić information content (AvgIpc) is 2.58. The predicted molar refractivity (Wildman–Crippen MR) is 107 cm³/mol. The maximum Gasteiger partial charge on any atom is 0.240 e. The van der Waals surface area contributed by atoms with Gasteiger partial charge in [0.15, 0.2) is 0 Å². The fraction of sp³-hybridized carbons (Fsp3) is 0.611. The van der Waals surface area contributed by atoms with Crippen LogP contribution in [0.2, 0.25) is 5.02 Å². The van der Waals surface area contributed by atoms with Gasteiger partial charge in [-0.15, -0.1) is 0 Å². The number of nitrogens with zero attached hydrogens (tertiary/aromatic N) is 1. The van der Waals surface area contributed by atoms with Gasteiger partial charge in [0, 0.05) is 11.6 Å². The van der Waals surface area contributed by atoms with Gasteiger partial charge in [-0.1, -0.05) is 44.7 Å². The van der Waals surface area contributed by atoms with Gasteiger partial charge in [-0.05, 0) is 30.5 Å². The largest absolute Gasteiger partial charge is 0.495 e. The molecule has 0 aliphatic carbocycles. The number of methoxy groups -OCH3 is 1. The van der Waals surface area contributed by atoms with Crippen molar-refractivity contribution >= 4 is 33.2 Å². The van der Waals surface area contributed by atoms with E-state index in [-0.39, 0.29) is 18.1 Å². The molecule has 8 heteroatoms. The van der Waals surface area contributed by atoms with E-state index in [2.05, 4.69) is 19.2 Å². The van der Waals surface area contributed by atoms with Crippen molar-refractivity contribution in [3.63, 3.8) is 0 Å². The Morgan fingerprint density at radius 3 is 2.58 bits per heavy atom. The molecule has 0 spiro atoms. The third-order valence-corrected chi connectivity index (χ3v) is 5.59. The first-order valence-electron chi connectivity index (χ1n) is 8.80. The SMILES string of the molecule is CCCCC(CC)CNC(=O)CN(c1cc(Cl)ccc1OC)S(C)(=O)=O. The van der Waals surface area contributed by atoms with Crippen LogP contribution in [0.3, 0.4) is 0 Å². The molecular weight excluding hydrogens is 376 g/mol. The van der Waals surface area contributed by atoms with Crippen molar-refractivity contribution in [1.29, 1.82) is 0 Å². The summed E-state index contributed by atoms with van der Waals surface area (Å²) in [4.78, 5) is 12.4. The highest BCUT2D eigenvalue weighted by Crippen LogP contribution is 2.32. The molecule has 0 saturated heterocycles. The number of halogens is 1. The van der Waals surface area contributed by atoms with E-state index in [1.807, 2.05) is 0 Å². The van der Waals surface area contributed by atoms with Crippen molar-refractivity contribution in [2.75, 3.05) is 30.8 Å². The van der Waals surface area contributed by atoms with Gasteiger partial charge < -0.3 is 10.1 Å². The zero-order valence-electron chi connectivity index (χ0n) is 15.9. The van der Waals surface area contributed by atoms with E-state index in [0.717, 1.165) is 36.2 Å². The summed E-state index contributed by atoms with van der Waals surface area (Å²) in [7, 11) is -2.25. The molecule has 1 amide bonds. The topological polar surface area (TPSA) is 75.7 Å². The second-order valence-electron chi connectivity index (χ2n) is 6.31. The molecule has 0 fully saturated rings. The number of sulfonamides is 1. The lowest BCUT2D eigenvalue weighted by atomic mass is 9.99. The molecule has 0 radical (unpaired) electrons. The predicted octanol–water partition coefficient (Wildman–Crippen LogP) is 3.45. The van der Waals surface area contributed by atoms with Crippen molar-refractivity contribution in [3.8, 4) is 5.75 Å². The van der Waals surface area contributed by atoms with Crippen LogP contribution in [-0.4, -0.2) is 40.8 Å². The first-order chi connectivity index (χ1) is 12.2. The number of ether oxygens (including phenoxy) is 1. The minimum absolute atomic E-state index is 0.246. The maximum atomic E-state index is 12.4. The highest BCUT2D eigenvalue weighted by atomic mass is 35.5. The van der Waals surface area contributed by atoms with E-state index in [1.165, 1.54) is 13.2 Å². The van der Waals surface area contributed by atoms with E-state index < -0.39 is 10.0 Å². The van der Waals surface area contributed by atoms with E-state index in [1.54, 1.807) is 12.1 Å². The van der Waals surface area contributed by atoms with Crippen molar-refractivity contribution < 1.29 is 17.9 Å². The molecule has 1 aromatic rings. The Labute approximate surface area is 161 Å².